The molecule has 23 heavy (non-hydrogen) atoms. The summed E-state index contributed by atoms with van der Waals surface area (Å²) in [6, 6.07) is 10.1. The Hall–Kier alpha value is -2.41. The fourth-order valence-corrected chi connectivity index (χ4v) is 2.65. The number of rotatable bonds is 4. The Labute approximate surface area is 135 Å². The van der Waals surface area contributed by atoms with Crippen LogP contribution in [0.1, 0.15) is 11.4 Å². The SMILES string of the molecule is Cn1ncnc1CNC(=O)N1CCOC(Cc2ccccc2)C1. The molecule has 1 aliphatic rings. The molecule has 0 radical (unpaired) electrons. The van der Waals surface area contributed by atoms with Gasteiger partial charge >= 0.3 is 6.03 Å². The maximum absolute atomic E-state index is 12.3. The highest BCUT2D eigenvalue weighted by Gasteiger charge is 2.24. The zero-order valence-electron chi connectivity index (χ0n) is 13.2. The summed E-state index contributed by atoms with van der Waals surface area (Å²) in [5, 5.41) is 6.87. The predicted molar refractivity (Wildman–Crippen MR) is 84.7 cm³/mol. The number of urea groups is 1. The van der Waals surface area contributed by atoms with Crippen LogP contribution < -0.4 is 5.32 Å². The standard InChI is InChI=1S/C16H21N5O2/c1-20-15(18-12-19-20)10-17-16(22)21-7-8-23-14(11-21)9-13-5-3-2-4-6-13/h2-6,12,14H,7-11H2,1H3,(H,17,22). The van der Waals surface area contributed by atoms with Crippen LogP contribution in [0.2, 0.25) is 0 Å². The summed E-state index contributed by atoms with van der Waals surface area (Å²) in [5.74, 6) is 0.729. The highest BCUT2D eigenvalue weighted by molar-refractivity contribution is 5.74. The van der Waals surface area contributed by atoms with Crippen LogP contribution in [0.25, 0.3) is 0 Å². The van der Waals surface area contributed by atoms with Gasteiger partial charge in [-0.05, 0) is 5.56 Å². The van der Waals surface area contributed by atoms with Gasteiger partial charge in [0.2, 0.25) is 0 Å². The van der Waals surface area contributed by atoms with Crippen molar-refractivity contribution in [1.29, 1.82) is 0 Å². The molecule has 1 aliphatic heterocycles. The second kappa shape index (κ2) is 7.23. The Morgan fingerprint density at radius 1 is 1.39 bits per heavy atom. The van der Waals surface area contributed by atoms with Gasteiger partial charge in [0.05, 0.1) is 19.3 Å². The van der Waals surface area contributed by atoms with E-state index in [1.165, 1.54) is 11.9 Å². The van der Waals surface area contributed by atoms with E-state index >= 15 is 0 Å². The van der Waals surface area contributed by atoms with Crippen molar-refractivity contribution >= 4 is 6.03 Å². The topological polar surface area (TPSA) is 72.3 Å². The number of hydrogen-bond acceptors (Lipinski definition) is 4. The lowest BCUT2D eigenvalue weighted by atomic mass is 10.1. The van der Waals surface area contributed by atoms with Gasteiger partial charge in [-0.3, -0.25) is 4.68 Å². The molecule has 0 saturated carbocycles. The molecule has 2 heterocycles. The van der Waals surface area contributed by atoms with Crippen LogP contribution in [-0.4, -0.2) is 51.5 Å². The summed E-state index contributed by atoms with van der Waals surface area (Å²) in [6.07, 6.45) is 2.33. The fraction of sp³-hybridized carbons (Fsp3) is 0.438. The number of aryl methyl sites for hydroxylation is 1. The Morgan fingerprint density at radius 3 is 2.96 bits per heavy atom. The summed E-state index contributed by atoms with van der Waals surface area (Å²) in [4.78, 5) is 18.2. The first-order valence-electron chi connectivity index (χ1n) is 7.73. The molecule has 0 spiro atoms. The van der Waals surface area contributed by atoms with Crippen LogP contribution in [0.4, 0.5) is 4.79 Å². The van der Waals surface area contributed by atoms with Crippen LogP contribution in [0.5, 0.6) is 0 Å². The summed E-state index contributed by atoms with van der Waals surface area (Å²) < 4.78 is 7.43. The smallest absolute Gasteiger partial charge is 0.317 e. The van der Waals surface area contributed by atoms with E-state index in [9.17, 15) is 4.79 Å². The van der Waals surface area contributed by atoms with Gasteiger partial charge in [-0.1, -0.05) is 30.3 Å². The molecular weight excluding hydrogens is 294 g/mol. The first-order chi connectivity index (χ1) is 11.2. The number of nitrogens with one attached hydrogen (secondary N) is 1. The molecule has 1 saturated heterocycles. The molecule has 7 nitrogen and oxygen atoms in total. The van der Waals surface area contributed by atoms with E-state index in [4.69, 9.17) is 4.74 Å². The molecule has 1 fully saturated rings. The second-order valence-electron chi connectivity index (χ2n) is 5.59. The largest absolute Gasteiger partial charge is 0.374 e. The number of nitrogens with zero attached hydrogens (tertiary/aromatic N) is 4. The summed E-state index contributed by atoms with van der Waals surface area (Å²) in [7, 11) is 1.80. The number of ether oxygens (including phenoxy) is 1. The molecule has 7 heteroatoms. The molecule has 1 aromatic heterocycles. The molecule has 2 amide bonds. The third-order valence-electron chi connectivity index (χ3n) is 3.94. The summed E-state index contributed by atoms with van der Waals surface area (Å²) >= 11 is 0. The lowest BCUT2D eigenvalue weighted by Gasteiger charge is -2.33. The molecule has 0 aliphatic carbocycles. The molecule has 1 unspecified atom stereocenters. The lowest BCUT2D eigenvalue weighted by Crippen LogP contribution is -2.50. The van der Waals surface area contributed by atoms with Gasteiger partial charge in [0, 0.05) is 26.6 Å². The van der Waals surface area contributed by atoms with Gasteiger partial charge in [-0.15, -0.1) is 0 Å². The van der Waals surface area contributed by atoms with E-state index < -0.39 is 0 Å². The molecule has 1 N–H and O–H groups in total. The van der Waals surface area contributed by atoms with Crippen molar-refractivity contribution in [2.24, 2.45) is 7.05 Å². The van der Waals surface area contributed by atoms with Crippen LogP contribution >= 0.6 is 0 Å². The fourth-order valence-electron chi connectivity index (χ4n) is 2.65. The van der Waals surface area contributed by atoms with Gasteiger partial charge in [0.1, 0.15) is 12.2 Å². The number of carbonyl (C=O) groups is 1. The summed E-state index contributed by atoms with van der Waals surface area (Å²) in [6.45, 7) is 2.14. The van der Waals surface area contributed by atoms with Crippen LogP contribution in [0, 0.1) is 0 Å². The molecule has 122 valence electrons. The molecule has 3 rings (SSSR count). The Kier molecular flexibility index (Phi) is 4.87. The van der Waals surface area contributed by atoms with E-state index in [2.05, 4.69) is 27.5 Å². The average Bonchev–Trinajstić information content (AvgIpc) is 2.99. The number of amides is 2. The Morgan fingerprint density at radius 2 is 2.22 bits per heavy atom. The van der Waals surface area contributed by atoms with Crippen molar-refractivity contribution in [2.45, 2.75) is 19.1 Å². The van der Waals surface area contributed by atoms with E-state index in [-0.39, 0.29) is 12.1 Å². The number of carbonyl (C=O) groups excluding carboxylic acids is 1. The highest BCUT2D eigenvalue weighted by Crippen LogP contribution is 2.12. The monoisotopic (exact) mass is 315 g/mol. The second-order valence-corrected chi connectivity index (χ2v) is 5.59. The van der Waals surface area contributed by atoms with Crippen molar-refractivity contribution in [3.05, 3.63) is 48.0 Å². The van der Waals surface area contributed by atoms with Gasteiger partial charge in [0.15, 0.2) is 0 Å². The van der Waals surface area contributed by atoms with Crippen LogP contribution in [0.15, 0.2) is 36.7 Å². The lowest BCUT2D eigenvalue weighted by molar-refractivity contribution is -0.0133. The normalized spacial score (nSPS) is 18.0. The van der Waals surface area contributed by atoms with Crippen LogP contribution in [0.3, 0.4) is 0 Å². The van der Waals surface area contributed by atoms with Crippen molar-refractivity contribution in [2.75, 3.05) is 19.7 Å². The predicted octanol–water partition coefficient (Wildman–Crippen LogP) is 0.968. The maximum Gasteiger partial charge on any atom is 0.317 e. The van der Waals surface area contributed by atoms with Gasteiger partial charge in [0.25, 0.3) is 0 Å². The molecule has 1 atom stereocenters. The van der Waals surface area contributed by atoms with Crippen molar-refractivity contribution < 1.29 is 9.53 Å². The zero-order valence-corrected chi connectivity index (χ0v) is 13.2. The molecular formula is C16H21N5O2. The number of benzene rings is 1. The maximum atomic E-state index is 12.3. The van der Waals surface area contributed by atoms with Crippen molar-refractivity contribution in [3.8, 4) is 0 Å². The minimum atomic E-state index is -0.0886. The molecule has 2 aromatic rings. The van der Waals surface area contributed by atoms with E-state index in [1.54, 1.807) is 16.6 Å². The quantitative estimate of drug-likeness (QED) is 0.912. The minimum absolute atomic E-state index is 0.0340. The first kappa shape index (κ1) is 15.5. The Balaban J connectivity index is 1.51. The van der Waals surface area contributed by atoms with Crippen LogP contribution in [-0.2, 0) is 24.8 Å². The molecule has 0 bridgehead atoms. The Bertz CT molecular complexity index is 643. The van der Waals surface area contributed by atoms with Crippen molar-refractivity contribution in [3.63, 3.8) is 0 Å². The zero-order chi connectivity index (χ0) is 16.1. The van der Waals surface area contributed by atoms with E-state index in [0.29, 0.717) is 26.2 Å². The number of aromatic nitrogens is 3. The van der Waals surface area contributed by atoms with Gasteiger partial charge in [-0.25, -0.2) is 9.78 Å². The minimum Gasteiger partial charge on any atom is -0.374 e. The highest BCUT2D eigenvalue weighted by atomic mass is 16.5. The van der Waals surface area contributed by atoms with E-state index in [1.807, 2.05) is 18.2 Å². The van der Waals surface area contributed by atoms with Crippen molar-refractivity contribution in [1.82, 2.24) is 25.0 Å². The molecule has 1 aromatic carbocycles. The summed E-state index contributed by atoms with van der Waals surface area (Å²) in [5.41, 5.74) is 1.22. The van der Waals surface area contributed by atoms with Gasteiger partial charge < -0.3 is 15.0 Å². The van der Waals surface area contributed by atoms with Gasteiger partial charge in [-0.2, -0.15) is 5.10 Å². The average molecular weight is 315 g/mol. The third-order valence-corrected chi connectivity index (χ3v) is 3.94. The first-order valence-corrected chi connectivity index (χ1v) is 7.73. The van der Waals surface area contributed by atoms with E-state index in [0.717, 1.165) is 12.2 Å². The number of morpholine rings is 1. The third kappa shape index (κ3) is 4.07. The number of hydrogen-bond donors (Lipinski definition) is 1.